The van der Waals surface area contributed by atoms with Gasteiger partial charge in [-0.05, 0) is 24.0 Å². The Morgan fingerprint density at radius 3 is 2.29 bits per heavy atom. The number of halogens is 3. The maximum atomic E-state index is 13.7. The number of rotatable bonds is 2. The first-order valence-corrected chi connectivity index (χ1v) is 7.80. The molecule has 0 aliphatic carbocycles. The first-order chi connectivity index (χ1) is 9.16. The first-order valence-electron chi connectivity index (χ1n) is 6.36. The molecule has 1 aliphatic heterocycles. The summed E-state index contributed by atoms with van der Waals surface area (Å²) < 4.78 is 53.4. The minimum Gasteiger partial charge on any atom is -0.327 e. The van der Waals surface area contributed by atoms with Gasteiger partial charge in [-0.1, -0.05) is 19.9 Å². The van der Waals surface area contributed by atoms with E-state index < -0.39 is 32.0 Å². The Balaban J connectivity index is 0.00000220. The lowest BCUT2D eigenvalue weighted by Gasteiger charge is -2.41. The molecule has 1 fully saturated rings. The molecule has 0 spiro atoms. The fraction of sp³-hybridized carbons (Fsp3) is 0.538. The Hall–Kier alpha value is -0.760. The van der Waals surface area contributed by atoms with Crippen molar-refractivity contribution in [3.05, 3.63) is 29.8 Å². The number of nitrogens with zero attached hydrogens (tertiary/aromatic N) is 1. The van der Waals surface area contributed by atoms with E-state index in [9.17, 15) is 17.2 Å². The molecule has 0 bridgehead atoms. The highest BCUT2D eigenvalue weighted by atomic mass is 35.5. The van der Waals surface area contributed by atoms with Crippen LogP contribution in [0.15, 0.2) is 23.1 Å². The third-order valence-electron chi connectivity index (χ3n) is 3.79. The summed E-state index contributed by atoms with van der Waals surface area (Å²) in [6.07, 6.45) is 0.461. The molecule has 4 nitrogen and oxygen atoms in total. The predicted molar refractivity (Wildman–Crippen MR) is 78.7 cm³/mol. The first kappa shape index (κ1) is 18.3. The minimum atomic E-state index is -4.19. The van der Waals surface area contributed by atoms with E-state index in [1.54, 1.807) is 0 Å². The van der Waals surface area contributed by atoms with E-state index >= 15 is 0 Å². The molecule has 1 aromatic carbocycles. The largest absolute Gasteiger partial charge is 0.327 e. The number of hydrogen-bond donors (Lipinski definition) is 1. The molecule has 2 rings (SSSR count). The van der Waals surface area contributed by atoms with Crippen LogP contribution in [-0.4, -0.2) is 31.9 Å². The number of hydrogen-bond acceptors (Lipinski definition) is 3. The second-order valence-corrected chi connectivity index (χ2v) is 7.65. The Kier molecular flexibility index (Phi) is 5.36. The van der Waals surface area contributed by atoms with Crippen molar-refractivity contribution in [1.29, 1.82) is 0 Å². The molecule has 1 heterocycles. The van der Waals surface area contributed by atoms with E-state index in [1.165, 1.54) is 0 Å². The fourth-order valence-corrected chi connectivity index (χ4v) is 4.12. The smallest absolute Gasteiger partial charge is 0.248 e. The van der Waals surface area contributed by atoms with Crippen LogP contribution < -0.4 is 5.73 Å². The molecule has 0 amide bonds. The second-order valence-electron chi connectivity index (χ2n) is 5.77. The molecular weight excluding hydrogens is 322 g/mol. The lowest BCUT2D eigenvalue weighted by atomic mass is 9.81. The Morgan fingerprint density at radius 1 is 1.29 bits per heavy atom. The second kappa shape index (κ2) is 6.16. The van der Waals surface area contributed by atoms with Crippen molar-refractivity contribution in [3.8, 4) is 0 Å². The van der Waals surface area contributed by atoms with Crippen LogP contribution in [0.3, 0.4) is 0 Å². The summed E-state index contributed by atoms with van der Waals surface area (Å²) in [7, 11) is -4.19. The SMILES string of the molecule is CC1(C)CN(S(=O)(=O)c2c(F)cccc2F)CCC1N.Cl. The Labute approximate surface area is 129 Å². The summed E-state index contributed by atoms with van der Waals surface area (Å²) in [5.74, 6) is -2.14. The average Bonchev–Trinajstić information content (AvgIpc) is 2.32. The van der Waals surface area contributed by atoms with Gasteiger partial charge in [-0.15, -0.1) is 12.4 Å². The van der Waals surface area contributed by atoms with Gasteiger partial charge in [0.15, 0.2) is 4.90 Å². The average molecular weight is 341 g/mol. The molecule has 1 saturated heterocycles. The maximum Gasteiger partial charge on any atom is 0.248 e. The van der Waals surface area contributed by atoms with Gasteiger partial charge in [0.1, 0.15) is 11.6 Å². The number of nitrogens with two attached hydrogens (primary N) is 1. The van der Waals surface area contributed by atoms with Crippen molar-refractivity contribution in [2.75, 3.05) is 13.1 Å². The Bertz CT molecular complexity index is 602. The molecule has 0 radical (unpaired) electrons. The van der Waals surface area contributed by atoms with Crippen LogP contribution in [0.5, 0.6) is 0 Å². The van der Waals surface area contributed by atoms with Gasteiger partial charge >= 0.3 is 0 Å². The normalized spacial score (nSPS) is 22.6. The summed E-state index contributed by atoms with van der Waals surface area (Å²) in [6.45, 7) is 4.00. The van der Waals surface area contributed by atoms with Crippen molar-refractivity contribution < 1.29 is 17.2 Å². The molecule has 1 aromatic rings. The van der Waals surface area contributed by atoms with Gasteiger partial charge in [0.2, 0.25) is 10.0 Å². The van der Waals surface area contributed by atoms with E-state index in [0.717, 1.165) is 22.5 Å². The van der Waals surface area contributed by atoms with Gasteiger partial charge in [-0.2, -0.15) is 4.31 Å². The van der Waals surface area contributed by atoms with Gasteiger partial charge in [0.05, 0.1) is 0 Å². The lowest BCUT2D eigenvalue weighted by molar-refractivity contribution is 0.155. The molecular formula is C13H19ClF2N2O2S. The van der Waals surface area contributed by atoms with Crippen molar-refractivity contribution in [2.24, 2.45) is 11.1 Å². The molecule has 1 atom stereocenters. The zero-order valence-corrected chi connectivity index (χ0v) is 13.5. The van der Waals surface area contributed by atoms with E-state index in [4.69, 9.17) is 5.73 Å². The van der Waals surface area contributed by atoms with Gasteiger partial charge in [-0.25, -0.2) is 17.2 Å². The van der Waals surface area contributed by atoms with Gasteiger partial charge in [-0.3, -0.25) is 0 Å². The minimum absolute atomic E-state index is 0. The van der Waals surface area contributed by atoms with E-state index in [-0.39, 0.29) is 31.5 Å². The highest BCUT2D eigenvalue weighted by Crippen LogP contribution is 2.32. The zero-order chi connectivity index (χ0) is 15.1. The van der Waals surface area contributed by atoms with Crippen LogP contribution in [0, 0.1) is 17.0 Å². The number of piperidine rings is 1. The van der Waals surface area contributed by atoms with Crippen LogP contribution in [0.2, 0.25) is 0 Å². The molecule has 8 heteroatoms. The monoisotopic (exact) mass is 340 g/mol. The van der Waals surface area contributed by atoms with Gasteiger partial charge in [0, 0.05) is 19.1 Å². The van der Waals surface area contributed by atoms with Crippen molar-refractivity contribution in [2.45, 2.75) is 31.2 Å². The van der Waals surface area contributed by atoms with Crippen molar-refractivity contribution in [3.63, 3.8) is 0 Å². The van der Waals surface area contributed by atoms with Crippen LogP contribution in [0.4, 0.5) is 8.78 Å². The van der Waals surface area contributed by atoms with Crippen molar-refractivity contribution >= 4 is 22.4 Å². The molecule has 0 saturated carbocycles. The van der Waals surface area contributed by atoms with Crippen LogP contribution in [-0.2, 0) is 10.0 Å². The van der Waals surface area contributed by atoms with Crippen LogP contribution in [0.25, 0.3) is 0 Å². The summed E-state index contributed by atoms with van der Waals surface area (Å²) >= 11 is 0. The highest BCUT2D eigenvalue weighted by molar-refractivity contribution is 7.89. The van der Waals surface area contributed by atoms with E-state index in [0.29, 0.717) is 6.42 Å². The Morgan fingerprint density at radius 2 is 1.81 bits per heavy atom. The number of sulfonamides is 1. The molecule has 120 valence electrons. The lowest BCUT2D eigenvalue weighted by Crippen LogP contribution is -2.54. The van der Waals surface area contributed by atoms with Crippen LogP contribution >= 0.6 is 12.4 Å². The van der Waals surface area contributed by atoms with Gasteiger partial charge < -0.3 is 5.73 Å². The predicted octanol–water partition coefficient (Wildman–Crippen LogP) is 2.13. The van der Waals surface area contributed by atoms with Crippen LogP contribution in [0.1, 0.15) is 20.3 Å². The van der Waals surface area contributed by atoms with E-state index in [2.05, 4.69) is 0 Å². The number of benzene rings is 1. The van der Waals surface area contributed by atoms with E-state index in [1.807, 2.05) is 13.8 Å². The zero-order valence-electron chi connectivity index (χ0n) is 11.8. The molecule has 1 unspecified atom stereocenters. The highest BCUT2D eigenvalue weighted by Gasteiger charge is 2.40. The summed E-state index contributed by atoms with van der Waals surface area (Å²) in [5, 5.41) is 0. The third-order valence-corrected chi connectivity index (χ3v) is 5.69. The maximum absolute atomic E-state index is 13.7. The molecule has 0 aromatic heterocycles. The molecule has 2 N–H and O–H groups in total. The fourth-order valence-electron chi connectivity index (χ4n) is 2.39. The quantitative estimate of drug-likeness (QED) is 0.897. The summed E-state index contributed by atoms with van der Waals surface area (Å²) in [5.41, 5.74) is 5.51. The molecule has 21 heavy (non-hydrogen) atoms. The standard InChI is InChI=1S/C13H18F2N2O2S.ClH/c1-13(2)8-17(7-6-11(13)16)20(18,19)12-9(14)4-3-5-10(12)15;/h3-5,11H,6-8,16H2,1-2H3;1H. The van der Waals surface area contributed by atoms with Crippen molar-refractivity contribution in [1.82, 2.24) is 4.31 Å². The van der Waals surface area contributed by atoms with Gasteiger partial charge in [0.25, 0.3) is 0 Å². The molecule has 1 aliphatic rings. The third kappa shape index (κ3) is 3.36. The summed E-state index contributed by atoms with van der Waals surface area (Å²) in [6, 6.07) is 2.88. The topological polar surface area (TPSA) is 63.4 Å². The summed E-state index contributed by atoms with van der Waals surface area (Å²) in [4.78, 5) is -0.883.